The first-order chi connectivity index (χ1) is 5.10. The van der Waals surface area contributed by atoms with Crippen molar-refractivity contribution in [2.24, 2.45) is 0 Å². The molecule has 0 aliphatic heterocycles. The zero-order chi connectivity index (χ0) is 9.99. The molecule has 19 heavy (non-hydrogen) atoms. The van der Waals surface area contributed by atoms with Crippen molar-refractivity contribution in [3.8, 4) is 0 Å². The first-order valence-corrected chi connectivity index (χ1v) is 5.20. The van der Waals surface area contributed by atoms with Crippen molar-refractivity contribution in [1.29, 1.82) is 0 Å². The summed E-state index contributed by atoms with van der Waals surface area (Å²) < 4.78 is 25.9. The fourth-order valence-electron chi connectivity index (χ4n) is 0.211. The Morgan fingerprint density at radius 3 is 0.947 bits per heavy atom. The summed E-state index contributed by atoms with van der Waals surface area (Å²) in [4.78, 5) is 41.7. The quantitative estimate of drug-likeness (QED) is 0.224. The summed E-state index contributed by atoms with van der Waals surface area (Å²) >= 11 is 0. The molecule has 0 rings (SSSR count). The second-order valence-electron chi connectivity index (χ2n) is 1.41. The summed E-state index contributed by atoms with van der Waals surface area (Å²) in [5, 5.41) is 0. The van der Waals surface area contributed by atoms with Gasteiger partial charge in [-0.05, 0) is 0 Å². The smallest absolute Gasteiger partial charge is 0.412 e. The van der Waals surface area contributed by atoms with Crippen LogP contribution in [0.2, 0.25) is 0 Å². The molecule has 14 N–H and O–H groups in total. The molecule has 0 bridgehead atoms. The van der Waals surface area contributed by atoms with Gasteiger partial charge in [-0.1, -0.05) is 0 Å². The van der Waals surface area contributed by atoms with Crippen LogP contribution in [0.3, 0.4) is 0 Å². The van der Waals surface area contributed by atoms with Crippen LogP contribution in [0.25, 0.3) is 0 Å². The third-order valence-electron chi connectivity index (χ3n) is 0.387. The number of phosphoric ester groups is 2. The molecular formula is CH14La2O14P2. The largest absolute Gasteiger partial charge is 0.529 e. The van der Waals surface area contributed by atoms with E-state index in [-0.39, 0.29) is 98.6 Å². The number of phosphoric acid groups is 2. The van der Waals surface area contributed by atoms with Gasteiger partial charge >= 0.3 is 21.8 Å². The Hall–Kier alpha value is 1.76. The third kappa shape index (κ3) is 45.1. The van der Waals surface area contributed by atoms with Gasteiger partial charge < -0.3 is 36.4 Å². The molecule has 0 aromatic carbocycles. The predicted molar refractivity (Wildman–Crippen MR) is 49.7 cm³/mol. The van der Waals surface area contributed by atoms with Crippen molar-refractivity contribution in [3.63, 3.8) is 0 Å². The summed E-state index contributed by atoms with van der Waals surface area (Å²) in [5.74, 6) is 0. The van der Waals surface area contributed by atoms with Crippen LogP contribution < -0.4 is 0 Å². The van der Waals surface area contributed by atoms with Crippen LogP contribution in [0.5, 0.6) is 0 Å². The van der Waals surface area contributed by atoms with Crippen molar-refractivity contribution in [1.82, 2.24) is 0 Å². The Balaban J connectivity index is -0.0000000288. The van der Waals surface area contributed by atoms with E-state index in [1.165, 1.54) is 0 Å². The van der Waals surface area contributed by atoms with E-state index < -0.39 is 21.8 Å². The van der Waals surface area contributed by atoms with E-state index in [2.05, 4.69) is 9.05 Å². The van der Waals surface area contributed by atoms with E-state index >= 15 is 0 Å². The molecule has 18 heteroatoms. The number of rotatable bonds is 2. The maximum atomic E-state index is 10.0. The summed E-state index contributed by atoms with van der Waals surface area (Å²) in [5.41, 5.74) is 0. The molecule has 0 aromatic rings. The zero-order valence-electron chi connectivity index (χ0n) is 8.88. The predicted octanol–water partition coefficient (Wildman–Crippen LogP) is -4.80. The Morgan fingerprint density at radius 2 is 0.842 bits per heavy atom. The van der Waals surface area contributed by atoms with Crippen molar-refractivity contribution < 1.29 is 141 Å². The summed E-state index contributed by atoms with van der Waals surface area (Å²) in [6, 6.07) is 0. The van der Waals surface area contributed by atoms with E-state index in [0.717, 1.165) is 0 Å². The molecule has 0 spiro atoms. The molecule has 0 heterocycles. The standard InChI is InChI=1S/CH4O9P2.2La.5H2O/c2-1(9-11(3,4)5)10-12(6,7)8;;;;;;;/h(H2,3,4,5)(H2,6,7,8);;;5*1H2. The normalized spacial score (nSPS) is 7.79. The Kier molecular flexibility index (Phi) is 51.8. The van der Waals surface area contributed by atoms with Crippen molar-refractivity contribution >= 4 is 21.8 Å². The minimum Gasteiger partial charge on any atom is -0.412 e. The summed E-state index contributed by atoms with van der Waals surface area (Å²) in [6.45, 7) is 0. The van der Waals surface area contributed by atoms with Crippen molar-refractivity contribution in [2.75, 3.05) is 0 Å². The van der Waals surface area contributed by atoms with E-state index in [1.54, 1.807) is 0 Å². The number of carbonyl (C=O) groups excluding carboxylic acids is 1. The van der Waals surface area contributed by atoms with E-state index in [9.17, 15) is 13.9 Å². The monoisotopic (exact) mass is 590 g/mol. The van der Waals surface area contributed by atoms with Crippen LogP contribution in [-0.2, 0) is 18.2 Å². The first-order valence-electron chi connectivity index (χ1n) is 2.14. The molecule has 2 radical (unpaired) electrons. The molecule has 0 unspecified atom stereocenters. The molecule has 0 aliphatic carbocycles. The molecule has 0 atom stereocenters. The van der Waals surface area contributed by atoms with Crippen LogP contribution in [0.4, 0.5) is 4.79 Å². The zero-order valence-corrected chi connectivity index (χ0v) is 17.9. The van der Waals surface area contributed by atoms with Crippen molar-refractivity contribution in [2.45, 2.75) is 0 Å². The van der Waals surface area contributed by atoms with Gasteiger partial charge in [0.25, 0.3) is 0 Å². The van der Waals surface area contributed by atoms with Gasteiger partial charge in [0, 0.05) is 71.2 Å². The van der Waals surface area contributed by atoms with Crippen LogP contribution in [-0.4, -0.2) is 53.1 Å². The van der Waals surface area contributed by atoms with Crippen LogP contribution in [0.15, 0.2) is 0 Å². The molecule has 0 fully saturated rings. The van der Waals surface area contributed by atoms with E-state index in [4.69, 9.17) is 19.6 Å². The SMILES string of the molecule is O.O.O.O.O.O=C(OP(=O)(O)O)OP(=O)(O)O.[La].[La]. The average Bonchev–Trinajstić information content (AvgIpc) is 1.49. The Morgan fingerprint density at radius 1 is 0.684 bits per heavy atom. The Labute approximate surface area is 161 Å². The summed E-state index contributed by atoms with van der Waals surface area (Å²) in [7, 11) is -10.3. The minimum absolute atomic E-state index is 0. The van der Waals surface area contributed by atoms with Crippen LogP contribution in [0.1, 0.15) is 0 Å². The van der Waals surface area contributed by atoms with Gasteiger partial charge in [0.15, 0.2) is 0 Å². The molecule has 0 amide bonds. The summed E-state index contributed by atoms with van der Waals surface area (Å²) in [6.07, 6.45) is -2.14. The van der Waals surface area contributed by atoms with Gasteiger partial charge in [-0.25, -0.2) is 13.9 Å². The van der Waals surface area contributed by atoms with Gasteiger partial charge in [-0.2, -0.15) is 0 Å². The molecule has 118 valence electrons. The fourth-order valence-corrected chi connectivity index (χ4v) is 0.733. The maximum absolute atomic E-state index is 10.0. The molecule has 0 saturated carbocycles. The van der Waals surface area contributed by atoms with Gasteiger partial charge in [0.05, 0.1) is 0 Å². The first kappa shape index (κ1) is 49.8. The average molecular weight is 590 g/mol. The second kappa shape index (κ2) is 19.8. The fraction of sp³-hybridized carbons (Fsp3) is 0. The molecule has 14 nitrogen and oxygen atoms in total. The van der Waals surface area contributed by atoms with Gasteiger partial charge in [0.2, 0.25) is 0 Å². The second-order valence-corrected chi connectivity index (χ2v) is 3.74. The Bertz CT molecular complexity index is 239. The molecule has 0 aromatic heterocycles. The van der Waals surface area contributed by atoms with E-state index in [0.29, 0.717) is 0 Å². The molecule has 0 saturated heterocycles. The van der Waals surface area contributed by atoms with Crippen LogP contribution in [0, 0.1) is 71.2 Å². The number of hydrogen-bond acceptors (Lipinski definition) is 5. The van der Waals surface area contributed by atoms with Crippen molar-refractivity contribution in [3.05, 3.63) is 0 Å². The minimum atomic E-state index is -5.13. The van der Waals surface area contributed by atoms with Crippen LogP contribution >= 0.6 is 15.6 Å². The third-order valence-corrected chi connectivity index (χ3v) is 1.16. The number of carbonyl (C=O) groups is 1. The molecular weight excluding hydrogens is 576 g/mol. The number of hydrogen-bond donors (Lipinski definition) is 4. The molecule has 0 aliphatic rings. The van der Waals surface area contributed by atoms with E-state index in [1.807, 2.05) is 0 Å². The van der Waals surface area contributed by atoms with Gasteiger partial charge in [-0.3, -0.25) is 19.6 Å². The van der Waals surface area contributed by atoms with Gasteiger partial charge in [-0.15, -0.1) is 0 Å². The van der Waals surface area contributed by atoms with Gasteiger partial charge in [0.1, 0.15) is 0 Å². The maximum Gasteiger partial charge on any atom is 0.529 e. The topological polar surface area (TPSA) is 308 Å².